The fourth-order valence-electron chi connectivity index (χ4n) is 0.467. The van der Waals surface area contributed by atoms with Crippen LogP contribution in [0, 0.1) is 5.41 Å². The van der Waals surface area contributed by atoms with Gasteiger partial charge in [0.1, 0.15) is 0 Å². The summed E-state index contributed by atoms with van der Waals surface area (Å²) < 4.78 is 0. The average molecular weight is 170 g/mol. The summed E-state index contributed by atoms with van der Waals surface area (Å²) in [5, 5.41) is 16.4. The van der Waals surface area contributed by atoms with Gasteiger partial charge in [-0.25, -0.2) is 0 Å². The zero-order chi connectivity index (χ0) is 9.56. The van der Waals surface area contributed by atoms with Gasteiger partial charge in [0.2, 0.25) is 0 Å². The Morgan fingerprint density at radius 3 is 2.25 bits per heavy atom. The first-order chi connectivity index (χ1) is 5.67. The first kappa shape index (κ1) is 9.88. The highest BCUT2D eigenvalue weighted by molar-refractivity contribution is 6.21. The molecule has 0 radical (unpaired) electrons. The van der Waals surface area contributed by atoms with E-state index >= 15 is 0 Å². The van der Waals surface area contributed by atoms with E-state index in [0.29, 0.717) is 0 Å². The number of amidine groups is 2. The lowest BCUT2D eigenvalue weighted by Crippen LogP contribution is -2.22. The van der Waals surface area contributed by atoms with Gasteiger partial charge in [-0.05, 0) is 0 Å². The van der Waals surface area contributed by atoms with Crippen LogP contribution >= 0.6 is 0 Å². The summed E-state index contributed by atoms with van der Waals surface area (Å²) in [7, 11) is 0. The van der Waals surface area contributed by atoms with Crippen LogP contribution in [0.4, 0.5) is 0 Å². The average Bonchev–Trinajstić information content (AvgIpc) is 2.06. The molecule has 0 unspecified atom stereocenters. The minimum absolute atomic E-state index is 0.0756. The van der Waals surface area contributed by atoms with Gasteiger partial charge in [0, 0.05) is 6.20 Å². The minimum atomic E-state index is -0.299. The molecule has 0 rings (SSSR count). The number of nitrogens with zero attached hydrogens (tertiary/aromatic N) is 3. The van der Waals surface area contributed by atoms with Crippen LogP contribution in [0.15, 0.2) is 27.2 Å². The predicted molar refractivity (Wildman–Crippen MR) is 44.9 cm³/mol. The summed E-state index contributed by atoms with van der Waals surface area (Å²) in [4.78, 5) is 0. The van der Waals surface area contributed by atoms with Crippen LogP contribution in [-0.2, 0) is 0 Å². The maximum absolute atomic E-state index is 7.17. The van der Waals surface area contributed by atoms with Crippen molar-refractivity contribution < 1.29 is 0 Å². The summed E-state index contributed by atoms with van der Waals surface area (Å²) in [5.74, 6) is 9.15. The number of hydrogen-bond acceptors (Lipinski definition) is 5. The molecule has 0 aromatic rings. The van der Waals surface area contributed by atoms with Gasteiger partial charge >= 0.3 is 0 Å². The zero-order valence-corrected chi connectivity index (χ0v) is 6.23. The van der Waals surface area contributed by atoms with Crippen LogP contribution in [0.3, 0.4) is 0 Å². The van der Waals surface area contributed by atoms with E-state index in [1.54, 1.807) is 0 Å². The molecular weight excluding hydrogens is 160 g/mol. The fourth-order valence-corrected chi connectivity index (χ4v) is 0.467. The molecular formula is C4H10N8. The van der Waals surface area contributed by atoms with E-state index in [0.717, 1.165) is 6.20 Å². The molecule has 8 heteroatoms. The summed E-state index contributed by atoms with van der Waals surface area (Å²) in [5.41, 5.74) is 10.4. The highest BCUT2D eigenvalue weighted by Crippen LogP contribution is 1.95. The predicted octanol–water partition coefficient (Wildman–Crippen LogP) is -1.64. The monoisotopic (exact) mass is 170 g/mol. The van der Waals surface area contributed by atoms with Gasteiger partial charge in [-0.15, -0.1) is 5.11 Å². The lowest BCUT2D eigenvalue weighted by Gasteiger charge is -1.99. The van der Waals surface area contributed by atoms with Crippen molar-refractivity contribution in [3.05, 3.63) is 11.8 Å². The molecule has 9 N–H and O–H groups in total. The van der Waals surface area contributed by atoms with E-state index in [9.17, 15) is 0 Å². The Hall–Kier alpha value is -2.12. The highest BCUT2D eigenvalue weighted by Gasteiger charge is 2.07. The van der Waals surface area contributed by atoms with Crippen molar-refractivity contribution in [3.8, 4) is 0 Å². The van der Waals surface area contributed by atoms with Crippen molar-refractivity contribution in [3.63, 3.8) is 0 Å². The molecule has 0 saturated carbocycles. The SMILES string of the molecule is N=C(N=NN)C(=CN)C(N)=NN. The number of nitrogens with two attached hydrogens (primary N) is 4. The quantitative estimate of drug-likeness (QED) is 0.110. The maximum atomic E-state index is 7.17. The molecule has 0 atom stereocenters. The molecule has 12 heavy (non-hydrogen) atoms. The van der Waals surface area contributed by atoms with E-state index in [4.69, 9.17) is 28.6 Å². The van der Waals surface area contributed by atoms with Gasteiger partial charge in [-0.2, -0.15) is 5.10 Å². The highest BCUT2D eigenvalue weighted by atomic mass is 15.3. The Balaban J connectivity index is 4.72. The molecule has 0 amide bonds. The van der Waals surface area contributed by atoms with Gasteiger partial charge in [0.15, 0.2) is 11.7 Å². The number of rotatable bonds is 2. The van der Waals surface area contributed by atoms with E-state index in [1.165, 1.54) is 0 Å². The Bertz CT molecular complexity index is 248. The topological polar surface area (TPSA) is 165 Å². The van der Waals surface area contributed by atoms with Gasteiger partial charge in [0.25, 0.3) is 0 Å². The van der Waals surface area contributed by atoms with Crippen LogP contribution in [0.1, 0.15) is 0 Å². The second-order valence-electron chi connectivity index (χ2n) is 1.66. The van der Waals surface area contributed by atoms with Crippen LogP contribution < -0.4 is 23.2 Å². The van der Waals surface area contributed by atoms with Crippen molar-refractivity contribution >= 4 is 11.7 Å². The van der Waals surface area contributed by atoms with E-state index in [-0.39, 0.29) is 17.2 Å². The molecule has 0 aliphatic rings. The van der Waals surface area contributed by atoms with Crippen molar-refractivity contribution in [2.45, 2.75) is 0 Å². The third-order valence-electron chi connectivity index (χ3n) is 0.995. The largest absolute Gasteiger partial charge is 0.404 e. The molecule has 0 heterocycles. The van der Waals surface area contributed by atoms with Gasteiger partial charge in [-0.1, -0.05) is 5.22 Å². The van der Waals surface area contributed by atoms with Crippen LogP contribution in [0.25, 0.3) is 0 Å². The number of hydrazone groups is 1. The molecule has 0 saturated heterocycles. The molecule has 0 aliphatic heterocycles. The Labute approximate surface area is 68.5 Å². The fraction of sp³-hybridized carbons (Fsp3) is 0. The van der Waals surface area contributed by atoms with E-state index in [1.807, 2.05) is 0 Å². The van der Waals surface area contributed by atoms with Gasteiger partial charge < -0.3 is 23.2 Å². The van der Waals surface area contributed by atoms with Gasteiger partial charge in [-0.3, -0.25) is 5.41 Å². The molecule has 0 aliphatic carbocycles. The Morgan fingerprint density at radius 1 is 1.33 bits per heavy atom. The molecule has 66 valence electrons. The summed E-state index contributed by atoms with van der Waals surface area (Å²) in [6.45, 7) is 0. The van der Waals surface area contributed by atoms with E-state index < -0.39 is 0 Å². The maximum Gasteiger partial charge on any atom is 0.181 e. The lowest BCUT2D eigenvalue weighted by atomic mass is 10.2. The van der Waals surface area contributed by atoms with Crippen LogP contribution in [-0.4, -0.2) is 11.7 Å². The Kier molecular flexibility index (Phi) is 3.84. The van der Waals surface area contributed by atoms with Crippen LogP contribution in [0.2, 0.25) is 0 Å². The number of hydrogen-bond donors (Lipinski definition) is 5. The van der Waals surface area contributed by atoms with Crippen molar-refractivity contribution in [1.82, 2.24) is 0 Å². The Morgan fingerprint density at radius 2 is 1.92 bits per heavy atom. The third-order valence-corrected chi connectivity index (χ3v) is 0.995. The van der Waals surface area contributed by atoms with Crippen molar-refractivity contribution in [2.24, 2.45) is 38.6 Å². The van der Waals surface area contributed by atoms with Gasteiger partial charge in [0.05, 0.1) is 5.57 Å². The second kappa shape index (κ2) is 4.66. The molecule has 0 bridgehead atoms. The van der Waals surface area contributed by atoms with E-state index in [2.05, 4.69) is 15.4 Å². The smallest absolute Gasteiger partial charge is 0.181 e. The number of nitrogens with one attached hydrogen (secondary N) is 1. The minimum Gasteiger partial charge on any atom is -0.404 e. The zero-order valence-electron chi connectivity index (χ0n) is 6.23. The summed E-state index contributed by atoms with van der Waals surface area (Å²) >= 11 is 0. The first-order valence-corrected chi connectivity index (χ1v) is 2.82. The van der Waals surface area contributed by atoms with Crippen molar-refractivity contribution in [2.75, 3.05) is 0 Å². The first-order valence-electron chi connectivity index (χ1n) is 2.82. The molecule has 8 nitrogen and oxygen atoms in total. The normalized spacial score (nSPS) is 13.7. The van der Waals surface area contributed by atoms with Crippen molar-refractivity contribution in [1.29, 1.82) is 5.41 Å². The molecule has 0 aromatic carbocycles. The molecule has 0 fully saturated rings. The summed E-state index contributed by atoms with van der Waals surface area (Å²) in [6.07, 6.45) is 1.04. The lowest BCUT2D eigenvalue weighted by molar-refractivity contribution is 1.07. The summed E-state index contributed by atoms with van der Waals surface area (Å²) in [6, 6.07) is 0. The second-order valence-corrected chi connectivity index (χ2v) is 1.66. The third kappa shape index (κ3) is 2.25. The molecule has 0 aromatic heterocycles. The molecule has 0 spiro atoms. The van der Waals surface area contributed by atoms with Crippen LogP contribution in [0.5, 0.6) is 0 Å². The standard InChI is InChI=1S/C4H10N8/c5-1-2(3(6)10-8)4(7)11-12-9/h1H,5,8H2,(H2,6,10)(H3,7,9,11).